The van der Waals surface area contributed by atoms with Crippen molar-refractivity contribution in [3.8, 4) is 22.3 Å². The van der Waals surface area contributed by atoms with E-state index in [9.17, 15) is 0 Å². The topological polar surface area (TPSA) is 0 Å². The van der Waals surface area contributed by atoms with Crippen molar-refractivity contribution in [2.24, 2.45) is 5.92 Å². The second-order valence-electron chi connectivity index (χ2n) is 16.8. The minimum atomic E-state index is -3.70. The van der Waals surface area contributed by atoms with Gasteiger partial charge in [0.25, 0.3) is 0 Å². The van der Waals surface area contributed by atoms with E-state index in [0.717, 1.165) is 0 Å². The minimum absolute atomic E-state index is 0. The van der Waals surface area contributed by atoms with Crippen LogP contribution in [0.5, 0.6) is 0 Å². The Kier molecular flexibility index (Phi) is 10.5. The monoisotopic (exact) mass is 758 g/mol. The van der Waals surface area contributed by atoms with Gasteiger partial charge < -0.3 is 0 Å². The van der Waals surface area contributed by atoms with Gasteiger partial charge in [-0.25, -0.2) is 0 Å². The molecule has 0 saturated carbocycles. The zero-order valence-electron chi connectivity index (χ0n) is 30.3. The molecule has 0 aliphatic heterocycles. The molecule has 0 bridgehead atoms. The average Bonchev–Trinajstić information content (AvgIpc) is 3.52. The van der Waals surface area contributed by atoms with Gasteiger partial charge in [0.05, 0.1) is 0 Å². The maximum atomic E-state index is 2.78. The van der Waals surface area contributed by atoms with E-state index in [-0.39, 0.29) is 30.2 Å². The SMILES string of the molecule is CC1=Cc2c(-c3cc(C)cc(C)c3)ccc(C)c2[CH]1[Zr]([CH3])([CH3])(=[SiH2])[CH]1C(C(C)C)=Cc2c(-c3ccc(C(C)(C)C)cc3)cccc21.Cl.Cl. The van der Waals surface area contributed by atoms with Crippen LogP contribution in [-0.2, 0) is 22.8 Å². The first-order valence-corrected chi connectivity index (χ1v) is 30.6. The van der Waals surface area contributed by atoms with Gasteiger partial charge in [0, 0.05) is 0 Å². The van der Waals surface area contributed by atoms with Crippen molar-refractivity contribution in [3.05, 3.63) is 128 Å². The largest absolute Gasteiger partial charge is 0.147 e. The Labute approximate surface area is 299 Å². The van der Waals surface area contributed by atoms with E-state index < -0.39 is 17.4 Å². The standard InChI is InChI=1S/C22H25.C19H19.2CH3.2ClH.H2Si.Zr/c1-15(2)18-13-17-7-6-8-20(21(17)14-18)16-9-11-19(12-10-16)22(3,4)5;1-12-7-13(2)9-16(8-12)17-6-5-15(4)18-10-14(3)11-19(17)18;;;;;;/h6-15H,1-5H3;5-11H,1-4H3;2*1H3;2*1H;1H2;. The third kappa shape index (κ3) is 6.55. The molecule has 2 atom stereocenters. The van der Waals surface area contributed by atoms with Gasteiger partial charge in [-0.2, -0.15) is 0 Å². The van der Waals surface area contributed by atoms with Crippen LogP contribution >= 0.6 is 24.8 Å². The van der Waals surface area contributed by atoms with Crippen LogP contribution in [0.4, 0.5) is 0 Å². The van der Waals surface area contributed by atoms with Gasteiger partial charge in [-0.1, -0.05) is 0 Å². The summed E-state index contributed by atoms with van der Waals surface area (Å²) in [6, 6.07) is 28.3. The van der Waals surface area contributed by atoms with Gasteiger partial charge in [-0.3, -0.25) is 0 Å². The third-order valence-corrected chi connectivity index (χ3v) is 28.4. The molecule has 0 radical (unpaired) electrons. The summed E-state index contributed by atoms with van der Waals surface area (Å²) in [6.07, 6.45) is 5.18. The summed E-state index contributed by atoms with van der Waals surface area (Å²) in [7, 11) is 0. The number of rotatable bonds is 5. The van der Waals surface area contributed by atoms with Gasteiger partial charge in [-0.05, 0) is 0 Å². The second kappa shape index (κ2) is 13.1. The first-order valence-electron chi connectivity index (χ1n) is 16.9. The van der Waals surface area contributed by atoms with E-state index in [4.69, 9.17) is 0 Å². The average molecular weight is 761 g/mol. The number of hydrogen-bond donors (Lipinski definition) is 0. The molecule has 4 heteroatoms. The van der Waals surface area contributed by atoms with Crippen molar-refractivity contribution in [2.45, 2.75) is 84.2 Å². The summed E-state index contributed by atoms with van der Waals surface area (Å²) < 4.78 is 6.58. The van der Waals surface area contributed by atoms with Crippen LogP contribution in [0.1, 0.15) is 93.3 Å². The molecule has 0 nitrogen and oxygen atoms in total. The summed E-state index contributed by atoms with van der Waals surface area (Å²) in [5.41, 5.74) is 20.5. The molecule has 47 heavy (non-hydrogen) atoms. The molecule has 0 aromatic heterocycles. The van der Waals surface area contributed by atoms with Crippen LogP contribution in [0.2, 0.25) is 9.26 Å². The van der Waals surface area contributed by atoms with Crippen molar-refractivity contribution in [3.63, 3.8) is 0 Å². The van der Waals surface area contributed by atoms with Gasteiger partial charge in [0.15, 0.2) is 0 Å². The summed E-state index contributed by atoms with van der Waals surface area (Å²) in [6.45, 7) is 23.4. The molecule has 2 unspecified atom stereocenters. The number of benzene rings is 4. The smallest absolute Gasteiger partial charge is 0.147 e. The van der Waals surface area contributed by atoms with E-state index in [1.165, 1.54) is 55.6 Å². The summed E-state index contributed by atoms with van der Waals surface area (Å²) in [5.74, 6) is 0.504. The normalized spacial score (nSPS) is 17.4. The Morgan fingerprint density at radius 2 is 1.28 bits per heavy atom. The molecular formula is C43H54Cl2SiZr. The van der Waals surface area contributed by atoms with Gasteiger partial charge in [-0.15, -0.1) is 24.8 Å². The Balaban J connectivity index is 0.00000250. The zero-order valence-corrected chi connectivity index (χ0v) is 35.8. The van der Waals surface area contributed by atoms with Gasteiger partial charge in [0.1, 0.15) is 0 Å². The van der Waals surface area contributed by atoms with Crippen LogP contribution in [-0.4, -0.2) is 6.88 Å². The molecule has 0 saturated heterocycles. The van der Waals surface area contributed by atoms with E-state index in [2.05, 4.69) is 163 Å². The number of halogens is 2. The Hall–Kier alpha value is -1.96. The van der Waals surface area contributed by atoms with E-state index in [1.807, 2.05) is 0 Å². The fourth-order valence-electron chi connectivity index (χ4n) is 8.98. The number of fused-ring (bicyclic) bond motifs is 2. The molecule has 6 rings (SSSR count). The fraction of sp³-hybridized carbons (Fsp3) is 0.349. The van der Waals surface area contributed by atoms with Gasteiger partial charge >= 0.3 is 277 Å². The summed E-state index contributed by atoms with van der Waals surface area (Å²) in [5, 5.41) is 0. The van der Waals surface area contributed by atoms with E-state index >= 15 is 0 Å². The zero-order chi connectivity index (χ0) is 32.7. The van der Waals surface area contributed by atoms with Crippen LogP contribution in [0.15, 0.2) is 83.9 Å². The predicted molar refractivity (Wildman–Crippen MR) is 213 cm³/mol. The molecule has 248 valence electrons. The number of allylic oxidation sites excluding steroid dienone is 2. The molecule has 4 aromatic rings. The molecule has 0 heterocycles. The molecule has 2 aliphatic rings. The Morgan fingerprint density at radius 3 is 1.85 bits per heavy atom. The fourth-order valence-corrected chi connectivity index (χ4v) is 29.6. The second-order valence-corrected chi connectivity index (χ2v) is 47.2. The number of aryl methyl sites for hydroxylation is 3. The maximum Gasteiger partial charge on any atom is -0.147 e. The molecule has 0 spiro atoms. The van der Waals surface area contributed by atoms with Crippen molar-refractivity contribution in [2.75, 3.05) is 0 Å². The minimum Gasteiger partial charge on any atom is -0.147 e. The summed E-state index contributed by atoms with van der Waals surface area (Å²) >= 11 is -3.70. The maximum absolute atomic E-state index is 3.70. The van der Waals surface area contributed by atoms with Crippen molar-refractivity contribution < 1.29 is 17.4 Å². The molecule has 0 fully saturated rings. The van der Waals surface area contributed by atoms with Crippen molar-refractivity contribution in [1.82, 2.24) is 0 Å². The quantitative estimate of drug-likeness (QED) is 0.178. The molecule has 0 amide bonds. The summed E-state index contributed by atoms with van der Waals surface area (Å²) in [4.78, 5) is 0. The molecule has 0 N–H and O–H groups in total. The van der Waals surface area contributed by atoms with Crippen LogP contribution in [0.3, 0.4) is 0 Å². The van der Waals surface area contributed by atoms with Crippen LogP contribution in [0.25, 0.3) is 34.4 Å². The number of hydrogen-bond acceptors (Lipinski definition) is 0. The van der Waals surface area contributed by atoms with Crippen LogP contribution in [0, 0.1) is 26.7 Å². The molecule has 4 aromatic carbocycles. The molecule has 2 aliphatic carbocycles. The predicted octanol–water partition coefficient (Wildman–Crippen LogP) is 12.7. The van der Waals surface area contributed by atoms with Crippen molar-refractivity contribution >= 4 is 43.8 Å². The molecular weight excluding hydrogens is 707 g/mol. The first kappa shape index (κ1) is 37.9. The van der Waals surface area contributed by atoms with E-state index in [1.54, 1.807) is 22.3 Å². The Bertz CT molecular complexity index is 1960. The van der Waals surface area contributed by atoms with E-state index in [0.29, 0.717) is 13.2 Å². The Morgan fingerprint density at radius 1 is 0.681 bits per heavy atom. The third-order valence-electron chi connectivity index (χ3n) is 10.9. The first-order chi connectivity index (χ1) is 21.0. The van der Waals surface area contributed by atoms with Gasteiger partial charge in [0.2, 0.25) is 0 Å². The van der Waals surface area contributed by atoms with Crippen molar-refractivity contribution in [1.29, 1.82) is 0 Å². The van der Waals surface area contributed by atoms with Crippen LogP contribution < -0.4 is 0 Å².